The molecule has 0 aliphatic carbocycles. The molecule has 0 aliphatic heterocycles. The fraction of sp³-hybridized carbons (Fsp3) is 0.500. The van der Waals surface area contributed by atoms with Crippen molar-refractivity contribution in [2.24, 2.45) is 5.50 Å². The van der Waals surface area contributed by atoms with E-state index in [1.54, 1.807) is 0 Å². The van der Waals surface area contributed by atoms with Gasteiger partial charge in [-0.1, -0.05) is 0 Å². The molecule has 0 saturated carbocycles. The summed E-state index contributed by atoms with van der Waals surface area (Å²) in [4.78, 5) is 18.5. The van der Waals surface area contributed by atoms with Crippen molar-refractivity contribution < 1.29 is 18.0 Å². The minimum Gasteiger partial charge on any atom is -0.333 e. The smallest absolute Gasteiger partial charge is 0.333 e. The van der Waals surface area contributed by atoms with Crippen LogP contribution in [0.25, 0.3) is 0 Å². The number of nitrogens with zero attached hydrogens (tertiary/aromatic N) is 1. The highest BCUT2D eigenvalue weighted by Crippen LogP contribution is 2.38. The predicted molar refractivity (Wildman–Crippen MR) is 43.6 cm³/mol. The van der Waals surface area contributed by atoms with Gasteiger partial charge in [-0.25, -0.2) is 13.1 Å². The number of hydrogen-bond acceptors (Lipinski definition) is 4. The summed E-state index contributed by atoms with van der Waals surface area (Å²) >= 11 is 4.50. The summed E-state index contributed by atoms with van der Waals surface area (Å²) in [5, 5.41) is 0. The van der Waals surface area contributed by atoms with Crippen LogP contribution in [0.5, 0.6) is 0 Å². The summed E-state index contributed by atoms with van der Waals surface area (Å²) in [6.45, 7) is -3.32. The lowest BCUT2D eigenvalue weighted by atomic mass is 11.2. The van der Waals surface area contributed by atoms with E-state index in [0.29, 0.717) is 4.31 Å². The van der Waals surface area contributed by atoms with Crippen LogP contribution in [0.1, 0.15) is 0 Å². The number of rotatable bonds is 3. The molecule has 1 amide bonds. The van der Waals surface area contributed by atoms with Crippen molar-refractivity contribution >= 4 is 36.8 Å². The zero-order valence-corrected chi connectivity index (χ0v) is 7.96. The Kier molecular flexibility index (Phi) is 4.45. The van der Waals surface area contributed by atoms with E-state index in [1.165, 1.54) is 0 Å². The van der Waals surface area contributed by atoms with E-state index in [2.05, 4.69) is 15.8 Å². The lowest BCUT2D eigenvalue weighted by Crippen LogP contribution is -2.13. The van der Waals surface area contributed by atoms with E-state index < -0.39 is 12.8 Å². The van der Waals surface area contributed by atoms with Gasteiger partial charge in [-0.3, -0.25) is 5.50 Å². The first-order valence-corrected chi connectivity index (χ1v) is 5.68. The highest BCUT2D eigenvalue weighted by atomic mass is 32.5. The Balaban J connectivity index is 3.72. The quantitative estimate of drug-likeness (QED) is 0.240. The Bertz CT molecular complexity index is 196. The number of amides is 1. The minimum atomic E-state index is -3.32. The fourth-order valence-electron chi connectivity index (χ4n) is 0.127. The van der Waals surface area contributed by atoms with Gasteiger partial charge in [0, 0.05) is 7.05 Å². The number of hydrogen-bond donors (Lipinski definition) is 2. The summed E-state index contributed by atoms with van der Waals surface area (Å²) < 4.78 is 16.5. The van der Waals surface area contributed by atoms with Gasteiger partial charge in [-0.15, -0.1) is 4.39 Å². The van der Waals surface area contributed by atoms with Gasteiger partial charge in [0.25, 0.3) is 6.64 Å². The molecule has 0 rings (SSSR count). The summed E-state index contributed by atoms with van der Waals surface area (Å²) in [5.74, 6) is 0. The molecule has 1 atom stereocenters. The Morgan fingerprint density at radius 3 is 2.73 bits per heavy atom. The topological polar surface area (TPSA) is 75.8 Å². The average Bonchev–Trinajstić information content (AvgIpc) is 1.80. The van der Waals surface area contributed by atoms with Gasteiger partial charge in [0.2, 0.25) is 0 Å². The third kappa shape index (κ3) is 6.67. The van der Waals surface area contributed by atoms with Gasteiger partial charge in [-0.05, 0) is 11.8 Å². The maximum atomic E-state index is 11.7. The van der Waals surface area contributed by atoms with Gasteiger partial charge < -0.3 is 4.89 Å². The molecule has 66 valence electrons. The Morgan fingerprint density at radius 1 is 2.00 bits per heavy atom. The molecule has 0 radical (unpaired) electrons. The molecule has 0 aromatic carbocycles. The third-order valence-electron chi connectivity index (χ3n) is 0.500. The molecular weight excluding hydrogens is 214 g/mol. The molecule has 11 heavy (non-hydrogen) atoms. The molecule has 0 aliphatic rings. The maximum absolute atomic E-state index is 11.7. The number of halogens is 1. The largest absolute Gasteiger partial charge is 0.411 e. The Morgan fingerprint density at radius 2 is 2.45 bits per heavy atom. The predicted octanol–water partition coefficient (Wildman–Crippen LogP) is 0.763. The van der Waals surface area contributed by atoms with Crippen molar-refractivity contribution in [1.82, 2.24) is 4.31 Å². The van der Waals surface area contributed by atoms with Gasteiger partial charge >= 0.3 is 6.16 Å². The Labute approximate surface area is 72.3 Å². The summed E-state index contributed by atoms with van der Waals surface area (Å²) in [5.41, 5.74) is 4.86. The van der Waals surface area contributed by atoms with E-state index in [-0.39, 0.29) is 12.2 Å². The molecule has 0 spiro atoms. The van der Waals surface area contributed by atoms with Crippen LogP contribution in [0, 0.1) is 0 Å². The highest BCUT2D eigenvalue weighted by Gasteiger charge is 2.13. The van der Waals surface area contributed by atoms with Crippen molar-refractivity contribution in [3.8, 4) is 0 Å². The molecule has 3 N–H and O–H groups in total. The second kappa shape index (κ2) is 4.34. The monoisotopic (exact) mass is 220 g/mol. The van der Waals surface area contributed by atoms with Crippen LogP contribution < -0.4 is 5.50 Å². The van der Waals surface area contributed by atoms with Crippen LogP contribution in [0.2, 0.25) is 0 Å². The van der Waals surface area contributed by atoms with Crippen LogP contribution >= 0.6 is 18.9 Å². The lowest BCUT2D eigenvalue weighted by molar-refractivity contribution is 0.208. The number of nitrogens with two attached hydrogens (primary N) is 1. The average molecular weight is 220 g/mol. The SMILES string of the molecule is CN(SOP(N)(O)=S)C(=O)F. The summed E-state index contributed by atoms with van der Waals surface area (Å²) in [6.07, 6.45) is -1.71. The second-order valence-electron chi connectivity index (χ2n) is 1.46. The van der Waals surface area contributed by atoms with Crippen molar-refractivity contribution in [3.63, 3.8) is 0 Å². The fourth-order valence-corrected chi connectivity index (χ4v) is 1.21. The number of carbonyl (C=O) groups is 1. The van der Waals surface area contributed by atoms with Crippen LogP contribution in [-0.4, -0.2) is 22.4 Å². The van der Waals surface area contributed by atoms with Gasteiger partial charge in [0.05, 0.1) is 0 Å². The summed E-state index contributed by atoms with van der Waals surface area (Å²) in [6, 6.07) is 0. The minimum absolute atomic E-state index is 0.270. The first-order chi connectivity index (χ1) is 4.83. The highest BCUT2D eigenvalue weighted by molar-refractivity contribution is 8.13. The zero-order valence-electron chi connectivity index (χ0n) is 5.43. The van der Waals surface area contributed by atoms with Crippen LogP contribution in [-0.2, 0) is 15.8 Å². The van der Waals surface area contributed by atoms with Gasteiger partial charge in [0.15, 0.2) is 0 Å². The molecule has 0 saturated heterocycles. The van der Waals surface area contributed by atoms with E-state index in [9.17, 15) is 9.18 Å². The molecule has 0 aromatic rings. The third-order valence-corrected chi connectivity index (χ3v) is 2.54. The molecule has 0 heterocycles. The Hall–Kier alpha value is 0.280. The lowest BCUT2D eigenvalue weighted by Gasteiger charge is -2.12. The van der Waals surface area contributed by atoms with E-state index in [1.807, 2.05) is 0 Å². The molecular formula is C2H6FN2O3PS2. The van der Waals surface area contributed by atoms with Crippen LogP contribution in [0.4, 0.5) is 9.18 Å². The molecule has 0 fully saturated rings. The van der Waals surface area contributed by atoms with Crippen molar-refractivity contribution in [2.45, 2.75) is 0 Å². The van der Waals surface area contributed by atoms with E-state index in [4.69, 9.17) is 10.4 Å². The summed E-state index contributed by atoms with van der Waals surface area (Å²) in [7, 11) is 1.11. The first-order valence-electron chi connectivity index (χ1n) is 2.24. The first kappa shape index (κ1) is 11.3. The molecule has 9 heteroatoms. The molecule has 5 nitrogen and oxygen atoms in total. The van der Waals surface area contributed by atoms with Gasteiger partial charge in [0.1, 0.15) is 12.2 Å². The van der Waals surface area contributed by atoms with E-state index >= 15 is 0 Å². The van der Waals surface area contributed by atoms with Crippen LogP contribution in [0.3, 0.4) is 0 Å². The molecule has 0 aromatic heterocycles. The molecule has 1 unspecified atom stereocenters. The zero-order chi connectivity index (χ0) is 9.07. The van der Waals surface area contributed by atoms with Crippen molar-refractivity contribution in [2.75, 3.05) is 7.05 Å². The number of carbonyl (C=O) groups excluding carboxylic acids is 1. The van der Waals surface area contributed by atoms with Gasteiger partial charge in [-0.2, -0.15) is 0 Å². The standard InChI is InChI=1S/C2H6FN2O3PS2/c1-5(2(3)6)11-8-9(4,7)10/h1H3,(H3,4,7,10). The normalized spacial score (nSPS) is 15.6. The maximum Gasteiger partial charge on any atom is 0.411 e. The molecule has 0 bridgehead atoms. The van der Waals surface area contributed by atoms with E-state index in [0.717, 1.165) is 7.05 Å². The van der Waals surface area contributed by atoms with Crippen molar-refractivity contribution in [1.29, 1.82) is 0 Å². The van der Waals surface area contributed by atoms with Crippen molar-refractivity contribution in [3.05, 3.63) is 0 Å². The van der Waals surface area contributed by atoms with Crippen LogP contribution in [0.15, 0.2) is 0 Å². The second-order valence-corrected chi connectivity index (χ2v) is 5.45.